The van der Waals surface area contributed by atoms with E-state index in [1.54, 1.807) is 0 Å². The van der Waals surface area contributed by atoms with Gasteiger partial charge in [0.2, 0.25) is 0 Å². The minimum absolute atomic E-state index is 0.0165. The van der Waals surface area contributed by atoms with Crippen LogP contribution in [0.4, 0.5) is 0 Å². The topological polar surface area (TPSA) is 36.9 Å². The van der Waals surface area contributed by atoms with Gasteiger partial charge in [-0.05, 0) is 37.6 Å². The summed E-state index contributed by atoms with van der Waals surface area (Å²) in [6, 6.07) is 0. The molecule has 2 aliphatic rings. The third-order valence-electron chi connectivity index (χ3n) is 4.79. The van der Waals surface area contributed by atoms with Gasteiger partial charge in [0.1, 0.15) is 6.61 Å². The molecule has 0 N–H and O–H groups in total. The van der Waals surface area contributed by atoms with E-state index in [0.29, 0.717) is 19.6 Å². The van der Waals surface area contributed by atoms with Crippen molar-refractivity contribution in [1.29, 1.82) is 0 Å². The molecule has 21 heavy (non-hydrogen) atoms. The number of hydrogen-bond donors (Lipinski definition) is 0. The van der Waals surface area contributed by atoms with E-state index in [-0.39, 0.29) is 11.1 Å². The maximum absolute atomic E-state index is 6.53. The van der Waals surface area contributed by atoms with Gasteiger partial charge < -0.3 is 18.6 Å². The van der Waals surface area contributed by atoms with Crippen LogP contribution in [0.15, 0.2) is 12.2 Å². The average molecular weight is 314 g/mol. The molecule has 2 aliphatic heterocycles. The van der Waals surface area contributed by atoms with Crippen molar-refractivity contribution in [2.45, 2.75) is 76.8 Å². The van der Waals surface area contributed by atoms with Crippen molar-refractivity contribution < 1.29 is 18.6 Å². The first-order valence-electron chi connectivity index (χ1n) is 7.69. The smallest absolute Gasteiger partial charge is 0.198 e. The van der Waals surface area contributed by atoms with Crippen molar-refractivity contribution in [3.8, 4) is 0 Å². The minimum Gasteiger partial charge on any atom is -0.410 e. The van der Waals surface area contributed by atoms with Crippen LogP contribution >= 0.6 is 0 Å². The van der Waals surface area contributed by atoms with Crippen LogP contribution in [0.3, 0.4) is 0 Å². The molecule has 0 amide bonds. The van der Waals surface area contributed by atoms with E-state index in [9.17, 15) is 0 Å². The lowest BCUT2D eigenvalue weighted by molar-refractivity contribution is -0.267. The van der Waals surface area contributed by atoms with Gasteiger partial charge in [-0.15, -0.1) is 0 Å². The number of ether oxygens (including phenoxy) is 3. The molecule has 1 spiro atoms. The van der Waals surface area contributed by atoms with Crippen molar-refractivity contribution in [3.05, 3.63) is 12.2 Å². The first kappa shape index (κ1) is 17.2. The van der Waals surface area contributed by atoms with E-state index in [4.69, 9.17) is 18.6 Å². The molecule has 0 aliphatic carbocycles. The monoisotopic (exact) mass is 314 g/mol. The van der Waals surface area contributed by atoms with Crippen LogP contribution in [-0.2, 0) is 18.6 Å². The molecular formula is C16H30O4Si. The van der Waals surface area contributed by atoms with Gasteiger partial charge in [0.15, 0.2) is 19.9 Å². The highest BCUT2D eigenvalue weighted by Gasteiger charge is 2.52. The summed E-state index contributed by atoms with van der Waals surface area (Å²) in [4.78, 5) is 0. The summed E-state index contributed by atoms with van der Waals surface area (Å²) in [5.74, 6) is -1.28. The second kappa shape index (κ2) is 5.17. The largest absolute Gasteiger partial charge is 0.410 e. The summed E-state index contributed by atoms with van der Waals surface area (Å²) in [5.41, 5.74) is 0.999. The molecule has 2 fully saturated rings. The van der Waals surface area contributed by atoms with Crippen LogP contribution in [0.1, 0.15) is 41.0 Å². The SMILES string of the molecule is C=C1CO[C@]2(COC(C)(C)O2)C[C@@H]1O[Si](C)(C)C(C)(C)C. The molecule has 0 bridgehead atoms. The third kappa shape index (κ3) is 3.59. The lowest BCUT2D eigenvalue weighted by atomic mass is 10.00. The quantitative estimate of drug-likeness (QED) is 0.573. The van der Waals surface area contributed by atoms with Gasteiger partial charge in [-0.25, -0.2) is 0 Å². The normalized spacial score (nSPS) is 33.7. The van der Waals surface area contributed by atoms with Crippen LogP contribution in [-0.4, -0.2) is 39.2 Å². The van der Waals surface area contributed by atoms with E-state index in [1.165, 1.54) is 0 Å². The number of hydrogen-bond acceptors (Lipinski definition) is 4. The molecule has 2 saturated heterocycles. The van der Waals surface area contributed by atoms with Gasteiger partial charge in [0.25, 0.3) is 0 Å². The molecule has 122 valence electrons. The van der Waals surface area contributed by atoms with Crippen molar-refractivity contribution in [1.82, 2.24) is 0 Å². The molecule has 4 nitrogen and oxygen atoms in total. The zero-order chi connectivity index (χ0) is 16.1. The molecular weight excluding hydrogens is 284 g/mol. The zero-order valence-electron chi connectivity index (χ0n) is 14.5. The lowest BCUT2D eigenvalue weighted by Gasteiger charge is -2.44. The Bertz CT molecular complexity index is 424. The maximum atomic E-state index is 6.53. The first-order valence-corrected chi connectivity index (χ1v) is 10.6. The Morgan fingerprint density at radius 1 is 1.24 bits per heavy atom. The van der Waals surface area contributed by atoms with Crippen molar-refractivity contribution in [2.75, 3.05) is 13.2 Å². The first-order chi connectivity index (χ1) is 9.36. The van der Waals surface area contributed by atoms with Gasteiger partial charge in [-0.3, -0.25) is 0 Å². The summed E-state index contributed by atoms with van der Waals surface area (Å²) >= 11 is 0. The molecule has 0 aromatic rings. The highest BCUT2D eigenvalue weighted by molar-refractivity contribution is 6.74. The van der Waals surface area contributed by atoms with E-state index in [2.05, 4.69) is 40.4 Å². The van der Waals surface area contributed by atoms with Crippen LogP contribution in [0, 0.1) is 0 Å². The van der Waals surface area contributed by atoms with Gasteiger partial charge in [-0.1, -0.05) is 27.4 Å². The maximum Gasteiger partial charge on any atom is 0.198 e. The van der Waals surface area contributed by atoms with Crippen LogP contribution in [0.2, 0.25) is 18.1 Å². The third-order valence-corrected chi connectivity index (χ3v) is 9.27. The standard InChI is InChI=1S/C16H30O4Si/c1-12-10-17-16(11-18-15(5,6)20-16)9-13(12)19-21(7,8)14(2,3)4/h13H,1,9-11H2,2-8H3/t13-,16+/m0/s1. The highest BCUT2D eigenvalue weighted by atomic mass is 28.4. The molecule has 2 heterocycles. The fraction of sp³-hybridized carbons (Fsp3) is 0.875. The Kier molecular flexibility index (Phi) is 4.22. The Hall–Kier alpha value is -0.203. The lowest BCUT2D eigenvalue weighted by Crippen LogP contribution is -2.51. The molecule has 0 radical (unpaired) electrons. The van der Waals surface area contributed by atoms with Crippen LogP contribution in [0.25, 0.3) is 0 Å². The van der Waals surface area contributed by atoms with Gasteiger partial charge >= 0.3 is 0 Å². The van der Waals surface area contributed by atoms with E-state index >= 15 is 0 Å². The zero-order valence-corrected chi connectivity index (χ0v) is 15.5. The Labute approximate surface area is 129 Å². The predicted molar refractivity (Wildman–Crippen MR) is 85.6 cm³/mol. The van der Waals surface area contributed by atoms with E-state index in [0.717, 1.165) is 5.57 Å². The van der Waals surface area contributed by atoms with E-state index in [1.807, 2.05) is 13.8 Å². The van der Waals surface area contributed by atoms with Crippen molar-refractivity contribution in [3.63, 3.8) is 0 Å². The second-order valence-electron chi connectivity index (χ2n) is 8.22. The van der Waals surface area contributed by atoms with Crippen LogP contribution in [0.5, 0.6) is 0 Å². The molecule has 5 heteroatoms. The van der Waals surface area contributed by atoms with E-state index < -0.39 is 19.9 Å². The Balaban J connectivity index is 2.11. The fourth-order valence-corrected chi connectivity index (χ4v) is 3.74. The average Bonchev–Trinajstić information content (AvgIpc) is 2.58. The highest BCUT2D eigenvalue weighted by Crippen LogP contribution is 2.43. The molecule has 2 atom stereocenters. The fourth-order valence-electron chi connectivity index (χ4n) is 2.42. The van der Waals surface area contributed by atoms with Crippen molar-refractivity contribution >= 4 is 8.32 Å². The van der Waals surface area contributed by atoms with Gasteiger partial charge in [0.05, 0.1) is 12.7 Å². The summed E-state index contributed by atoms with van der Waals surface area (Å²) < 4.78 is 24.1. The molecule has 0 aromatic heterocycles. The van der Waals surface area contributed by atoms with Crippen molar-refractivity contribution in [2.24, 2.45) is 0 Å². The second-order valence-corrected chi connectivity index (χ2v) is 13.0. The molecule has 0 saturated carbocycles. The summed E-state index contributed by atoms with van der Waals surface area (Å²) in [5, 5.41) is 0.172. The van der Waals surface area contributed by atoms with Gasteiger partial charge in [0, 0.05) is 6.42 Å². The minimum atomic E-state index is -1.85. The van der Waals surface area contributed by atoms with Crippen LogP contribution < -0.4 is 0 Å². The molecule has 0 aromatic carbocycles. The summed E-state index contributed by atoms with van der Waals surface area (Å²) in [6.45, 7) is 20.1. The Morgan fingerprint density at radius 3 is 2.33 bits per heavy atom. The molecule has 0 unspecified atom stereocenters. The summed E-state index contributed by atoms with van der Waals surface area (Å²) in [6.07, 6.45) is 0.638. The Morgan fingerprint density at radius 2 is 1.86 bits per heavy atom. The molecule has 2 rings (SSSR count). The summed E-state index contributed by atoms with van der Waals surface area (Å²) in [7, 11) is -1.85. The van der Waals surface area contributed by atoms with Gasteiger partial charge in [-0.2, -0.15) is 0 Å². The predicted octanol–water partition coefficient (Wildman–Crippen LogP) is 3.83. The number of rotatable bonds is 2.